The number of aryl methyl sites for hydroxylation is 1. The van der Waals surface area contributed by atoms with Crippen LogP contribution in [0, 0.1) is 6.92 Å². The number of halogens is 1. The highest BCUT2D eigenvalue weighted by Crippen LogP contribution is 2.34. The standard InChI is InChI=1S/C23H21ClN6O2S/c1-16-22(23(25)30(28-16)19-8-4-3-5-9-19)27-26-20-10-6-7-11-21(20)33(31,32)29(2)18-14-12-17(24)13-15-18/h3-15H,25H2,1-2H3. The van der Waals surface area contributed by atoms with Crippen LogP contribution in [0.15, 0.2) is 94.0 Å². The monoisotopic (exact) mass is 480 g/mol. The minimum Gasteiger partial charge on any atom is -0.382 e. The Hall–Kier alpha value is -3.69. The van der Waals surface area contributed by atoms with Crippen LogP contribution < -0.4 is 10.0 Å². The van der Waals surface area contributed by atoms with Gasteiger partial charge < -0.3 is 5.73 Å². The minimum atomic E-state index is -3.91. The molecule has 0 aliphatic carbocycles. The van der Waals surface area contributed by atoms with Crippen LogP contribution in [0.1, 0.15) is 5.69 Å². The topological polar surface area (TPSA) is 106 Å². The lowest BCUT2D eigenvalue weighted by Crippen LogP contribution is -2.26. The van der Waals surface area contributed by atoms with Gasteiger partial charge in [-0.25, -0.2) is 13.1 Å². The molecule has 10 heteroatoms. The highest BCUT2D eigenvalue weighted by molar-refractivity contribution is 7.93. The summed E-state index contributed by atoms with van der Waals surface area (Å²) < 4.78 is 29.4. The summed E-state index contributed by atoms with van der Waals surface area (Å²) in [6.45, 7) is 1.76. The van der Waals surface area contributed by atoms with Crippen molar-refractivity contribution >= 4 is 44.5 Å². The Morgan fingerprint density at radius 3 is 2.27 bits per heavy atom. The lowest BCUT2D eigenvalue weighted by Gasteiger charge is -2.20. The number of hydrogen-bond acceptors (Lipinski definition) is 6. The van der Waals surface area contributed by atoms with Gasteiger partial charge in [-0.3, -0.25) is 4.31 Å². The van der Waals surface area contributed by atoms with Crippen LogP contribution in [0.25, 0.3) is 5.69 Å². The van der Waals surface area contributed by atoms with Crippen molar-refractivity contribution in [1.82, 2.24) is 9.78 Å². The molecule has 1 heterocycles. The van der Waals surface area contributed by atoms with E-state index < -0.39 is 10.0 Å². The number of nitrogens with zero attached hydrogens (tertiary/aromatic N) is 5. The lowest BCUT2D eigenvalue weighted by molar-refractivity contribution is 0.594. The van der Waals surface area contributed by atoms with Gasteiger partial charge in [-0.15, -0.1) is 10.2 Å². The van der Waals surface area contributed by atoms with Crippen LogP contribution in [-0.4, -0.2) is 25.2 Å². The fraction of sp³-hybridized carbons (Fsp3) is 0.0870. The van der Waals surface area contributed by atoms with E-state index >= 15 is 0 Å². The Labute approximate surface area is 197 Å². The smallest absolute Gasteiger partial charge is 0.266 e. The van der Waals surface area contributed by atoms with Crippen molar-refractivity contribution in [2.24, 2.45) is 10.2 Å². The van der Waals surface area contributed by atoms with Gasteiger partial charge in [-0.1, -0.05) is 41.9 Å². The molecule has 168 valence electrons. The first-order valence-corrected chi connectivity index (χ1v) is 11.8. The number of benzene rings is 3. The molecule has 0 atom stereocenters. The van der Waals surface area contributed by atoms with Crippen LogP contribution in [0.3, 0.4) is 0 Å². The van der Waals surface area contributed by atoms with Crippen molar-refractivity contribution in [2.45, 2.75) is 11.8 Å². The van der Waals surface area contributed by atoms with Gasteiger partial charge in [0.1, 0.15) is 10.6 Å². The molecule has 0 spiro atoms. The molecule has 0 saturated heterocycles. The van der Waals surface area contributed by atoms with E-state index in [-0.39, 0.29) is 10.6 Å². The highest BCUT2D eigenvalue weighted by Gasteiger charge is 2.24. The average Bonchev–Trinajstić information content (AvgIpc) is 3.11. The Morgan fingerprint density at radius 2 is 1.58 bits per heavy atom. The zero-order valence-corrected chi connectivity index (χ0v) is 19.5. The van der Waals surface area contributed by atoms with Crippen molar-refractivity contribution < 1.29 is 8.42 Å². The van der Waals surface area contributed by atoms with Crippen molar-refractivity contribution in [3.05, 3.63) is 89.6 Å². The van der Waals surface area contributed by atoms with Gasteiger partial charge in [-0.2, -0.15) is 5.10 Å². The largest absolute Gasteiger partial charge is 0.382 e. The van der Waals surface area contributed by atoms with Crippen LogP contribution in [0.5, 0.6) is 0 Å². The number of nitrogens with two attached hydrogens (primary N) is 1. The van der Waals surface area contributed by atoms with Gasteiger partial charge >= 0.3 is 0 Å². The van der Waals surface area contributed by atoms with Crippen molar-refractivity contribution in [3.8, 4) is 5.69 Å². The molecule has 0 radical (unpaired) electrons. The van der Waals surface area contributed by atoms with Crippen LogP contribution in [0.4, 0.5) is 22.9 Å². The fourth-order valence-electron chi connectivity index (χ4n) is 3.23. The second kappa shape index (κ2) is 9.05. The minimum absolute atomic E-state index is 0.0119. The summed E-state index contributed by atoms with van der Waals surface area (Å²) in [5, 5.41) is 13.4. The first-order chi connectivity index (χ1) is 15.8. The number of para-hydroxylation sites is 1. The highest BCUT2D eigenvalue weighted by atomic mass is 35.5. The molecule has 1 aromatic heterocycles. The molecule has 4 rings (SSSR count). The van der Waals surface area contributed by atoms with E-state index in [1.54, 1.807) is 54.1 Å². The summed E-state index contributed by atoms with van der Waals surface area (Å²) >= 11 is 5.93. The number of sulfonamides is 1. The van der Waals surface area contributed by atoms with Crippen molar-refractivity contribution in [3.63, 3.8) is 0 Å². The maximum atomic E-state index is 13.3. The zero-order chi connectivity index (χ0) is 23.6. The Bertz CT molecular complexity index is 1420. The van der Waals surface area contributed by atoms with Crippen LogP contribution in [0.2, 0.25) is 5.02 Å². The van der Waals surface area contributed by atoms with E-state index in [2.05, 4.69) is 15.3 Å². The van der Waals surface area contributed by atoms with Gasteiger partial charge in [0.05, 0.1) is 17.1 Å². The first kappa shape index (κ1) is 22.5. The summed E-state index contributed by atoms with van der Waals surface area (Å²) in [4.78, 5) is 0.0119. The molecule has 0 aliphatic heterocycles. The third-order valence-electron chi connectivity index (χ3n) is 5.02. The normalized spacial score (nSPS) is 11.7. The van der Waals surface area contributed by atoms with Gasteiger partial charge in [-0.05, 0) is 55.5 Å². The van der Waals surface area contributed by atoms with E-state index in [0.717, 1.165) is 5.69 Å². The number of hydrogen-bond donors (Lipinski definition) is 1. The third kappa shape index (κ3) is 4.46. The summed E-state index contributed by atoms with van der Waals surface area (Å²) in [5.41, 5.74) is 8.65. The summed E-state index contributed by atoms with van der Waals surface area (Å²) in [6, 6.07) is 22.3. The summed E-state index contributed by atoms with van der Waals surface area (Å²) in [5.74, 6) is 0.307. The van der Waals surface area contributed by atoms with Gasteiger partial charge in [0.15, 0.2) is 11.5 Å². The molecule has 33 heavy (non-hydrogen) atoms. The number of nitrogen functional groups attached to an aromatic ring is 1. The maximum Gasteiger partial charge on any atom is 0.266 e. The molecule has 2 N–H and O–H groups in total. The second-order valence-corrected chi connectivity index (χ2v) is 9.56. The number of aromatic nitrogens is 2. The third-order valence-corrected chi connectivity index (χ3v) is 7.10. The molecule has 0 unspecified atom stereocenters. The predicted molar refractivity (Wildman–Crippen MR) is 130 cm³/mol. The Balaban J connectivity index is 1.70. The predicted octanol–water partition coefficient (Wildman–Crippen LogP) is 5.66. The molecule has 0 bridgehead atoms. The zero-order valence-electron chi connectivity index (χ0n) is 17.9. The quantitative estimate of drug-likeness (QED) is 0.359. The summed E-state index contributed by atoms with van der Waals surface area (Å²) in [6.07, 6.45) is 0. The molecule has 0 fully saturated rings. The average molecular weight is 481 g/mol. The Morgan fingerprint density at radius 1 is 0.939 bits per heavy atom. The number of anilines is 2. The van der Waals surface area contributed by atoms with Crippen LogP contribution in [-0.2, 0) is 10.0 Å². The molecule has 4 aromatic rings. The van der Waals surface area contributed by atoms with E-state index in [0.29, 0.717) is 27.9 Å². The molecule has 3 aromatic carbocycles. The van der Waals surface area contributed by atoms with Gasteiger partial charge in [0.25, 0.3) is 10.0 Å². The fourth-order valence-corrected chi connectivity index (χ4v) is 4.67. The molecule has 8 nitrogen and oxygen atoms in total. The molecule has 0 aliphatic rings. The maximum absolute atomic E-state index is 13.3. The molecule has 0 saturated carbocycles. The van der Waals surface area contributed by atoms with E-state index in [1.807, 2.05) is 30.3 Å². The number of azo groups is 1. The van der Waals surface area contributed by atoms with Crippen LogP contribution >= 0.6 is 11.6 Å². The second-order valence-electron chi connectivity index (χ2n) is 7.18. The van der Waals surface area contributed by atoms with E-state index in [9.17, 15) is 8.42 Å². The van der Waals surface area contributed by atoms with E-state index in [4.69, 9.17) is 17.3 Å². The Kier molecular flexibility index (Phi) is 6.17. The number of rotatable bonds is 6. The summed E-state index contributed by atoms with van der Waals surface area (Å²) in [7, 11) is -2.44. The lowest BCUT2D eigenvalue weighted by atomic mass is 10.3. The first-order valence-electron chi connectivity index (χ1n) is 9.95. The van der Waals surface area contributed by atoms with Gasteiger partial charge in [0.2, 0.25) is 0 Å². The van der Waals surface area contributed by atoms with Crippen molar-refractivity contribution in [2.75, 3.05) is 17.1 Å². The van der Waals surface area contributed by atoms with Crippen molar-refractivity contribution in [1.29, 1.82) is 0 Å². The van der Waals surface area contributed by atoms with Gasteiger partial charge in [0, 0.05) is 12.1 Å². The van der Waals surface area contributed by atoms with E-state index in [1.165, 1.54) is 17.4 Å². The molecule has 0 amide bonds. The molecular weight excluding hydrogens is 460 g/mol. The SMILES string of the molecule is Cc1nn(-c2ccccc2)c(N)c1N=Nc1ccccc1S(=O)(=O)N(C)c1ccc(Cl)cc1. The molecular formula is C23H21ClN6O2S.